The molecule has 0 aromatic heterocycles. The van der Waals surface area contributed by atoms with Crippen LogP contribution >= 0.6 is 0 Å². The fourth-order valence-electron chi connectivity index (χ4n) is 2.85. The van der Waals surface area contributed by atoms with E-state index in [1.807, 2.05) is 4.90 Å². The number of ether oxygens (including phenoxy) is 1. The van der Waals surface area contributed by atoms with E-state index in [-0.39, 0.29) is 12.6 Å². The zero-order chi connectivity index (χ0) is 15.1. The molecule has 0 radical (unpaired) electrons. The normalized spacial score (nSPS) is 23.8. The predicted molar refractivity (Wildman–Crippen MR) is 77.3 cm³/mol. The van der Waals surface area contributed by atoms with E-state index < -0.39 is 5.97 Å². The van der Waals surface area contributed by atoms with Gasteiger partial charge in [0.15, 0.2) is 0 Å². The van der Waals surface area contributed by atoms with Crippen LogP contribution in [0.4, 0.5) is 4.79 Å². The van der Waals surface area contributed by atoms with Gasteiger partial charge in [-0.3, -0.25) is 9.69 Å². The molecule has 2 N–H and O–H groups in total. The van der Waals surface area contributed by atoms with Crippen LogP contribution in [0.15, 0.2) is 0 Å². The summed E-state index contributed by atoms with van der Waals surface area (Å²) < 4.78 is 5.52. The molecule has 1 atom stereocenters. The Bertz CT molecular complexity index is 358. The molecule has 2 fully saturated rings. The topological polar surface area (TPSA) is 82.1 Å². The molecule has 0 saturated carbocycles. The van der Waals surface area contributed by atoms with Crippen molar-refractivity contribution in [3.05, 3.63) is 0 Å². The molecule has 0 bridgehead atoms. The lowest BCUT2D eigenvalue weighted by Crippen LogP contribution is -2.43. The fraction of sp³-hybridized carbons (Fsp3) is 0.857. The summed E-state index contributed by atoms with van der Waals surface area (Å²) >= 11 is 0. The first-order valence-electron chi connectivity index (χ1n) is 7.73. The van der Waals surface area contributed by atoms with E-state index >= 15 is 0 Å². The van der Waals surface area contributed by atoms with Gasteiger partial charge in [0.25, 0.3) is 0 Å². The van der Waals surface area contributed by atoms with Crippen LogP contribution < -0.4 is 5.32 Å². The zero-order valence-electron chi connectivity index (χ0n) is 12.4. The highest BCUT2D eigenvalue weighted by atomic mass is 16.5. The van der Waals surface area contributed by atoms with E-state index in [1.165, 1.54) is 0 Å². The lowest BCUT2D eigenvalue weighted by atomic mass is 10.2. The van der Waals surface area contributed by atoms with Crippen LogP contribution in [0.25, 0.3) is 0 Å². The Balaban J connectivity index is 1.66. The average Bonchev–Trinajstić information content (AvgIpc) is 2.84. The van der Waals surface area contributed by atoms with Gasteiger partial charge < -0.3 is 20.1 Å². The lowest BCUT2D eigenvalue weighted by molar-refractivity contribution is -0.138. The zero-order valence-corrected chi connectivity index (χ0v) is 12.4. The number of hydrogen-bond acceptors (Lipinski definition) is 4. The van der Waals surface area contributed by atoms with Crippen molar-refractivity contribution in [1.82, 2.24) is 15.1 Å². The first-order chi connectivity index (χ1) is 10.1. The van der Waals surface area contributed by atoms with Crippen molar-refractivity contribution < 1.29 is 19.4 Å². The van der Waals surface area contributed by atoms with Gasteiger partial charge in [-0.25, -0.2) is 4.79 Å². The number of nitrogens with one attached hydrogen (secondary N) is 1. The van der Waals surface area contributed by atoms with Crippen LogP contribution in [0, 0.1) is 0 Å². The molecule has 2 heterocycles. The number of carboxylic acids is 1. The van der Waals surface area contributed by atoms with Gasteiger partial charge >= 0.3 is 12.0 Å². The summed E-state index contributed by atoms with van der Waals surface area (Å²) in [6.07, 6.45) is 4.17. The Morgan fingerprint density at radius 2 is 2.05 bits per heavy atom. The third kappa shape index (κ3) is 5.51. The van der Waals surface area contributed by atoms with Crippen LogP contribution in [0.3, 0.4) is 0 Å². The summed E-state index contributed by atoms with van der Waals surface area (Å²) in [4.78, 5) is 26.5. The number of nitrogens with zero attached hydrogens (tertiary/aromatic N) is 2. The van der Waals surface area contributed by atoms with E-state index in [0.717, 1.165) is 38.8 Å². The number of aliphatic carboxylic acids is 1. The van der Waals surface area contributed by atoms with Gasteiger partial charge in [-0.05, 0) is 25.7 Å². The average molecular weight is 299 g/mol. The molecule has 1 unspecified atom stereocenters. The maximum Gasteiger partial charge on any atom is 0.317 e. The molecule has 0 aromatic rings. The van der Waals surface area contributed by atoms with Gasteiger partial charge in [0.1, 0.15) is 0 Å². The van der Waals surface area contributed by atoms with Crippen LogP contribution in [0.5, 0.6) is 0 Å². The van der Waals surface area contributed by atoms with Crippen molar-refractivity contribution >= 4 is 12.0 Å². The standard InChI is InChI=1S/C14H25N3O4/c18-13(19)11-16-6-2-7-17(9-8-16)14(20)15-5-4-12-3-1-10-21-12/h12H,1-11H2,(H,15,20)(H,18,19). The highest BCUT2D eigenvalue weighted by molar-refractivity contribution is 5.74. The minimum absolute atomic E-state index is 0.0501. The molecule has 0 aromatic carbocycles. The van der Waals surface area contributed by atoms with Crippen molar-refractivity contribution in [2.45, 2.75) is 31.8 Å². The predicted octanol–water partition coefficient (Wildman–Crippen LogP) is 0.357. The molecule has 7 heteroatoms. The monoisotopic (exact) mass is 299 g/mol. The van der Waals surface area contributed by atoms with E-state index in [1.54, 1.807) is 4.90 Å². The molecular weight excluding hydrogens is 274 g/mol. The Labute approximate surface area is 125 Å². The highest BCUT2D eigenvalue weighted by Crippen LogP contribution is 2.14. The minimum Gasteiger partial charge on any atom is -0.480 e. The first kappa shape index (κ1) is 16.0. The molecule has 7 nitrogen and oxygen atoms in total. The Hall–Kier alpha value is -1.34. The number of carbonyl (C=O) groups excluding carboxylic acids is 1. The summed E-state index contributed by atoms with van der Waals surface area (Å²) in [6, 6.07) is -0.0508. The smallest absolute Gasteiger partial charge is 0.317 e. The molecular formula is C14H25N3O4. The number of carbonyl (C=O) groups is 2. The molecule has 2 aliphatic rings. The van der Waals surface area contributed by atoms with Crippen molar-refractivity contribution in [3.63, 3.8) is 0 Å². The van der Waals surface area contributed by atoms with Gasteiger partial charge in [-0.15, -0.1) is 0 Å². The second kappa shape index (κ2) is 8.19. The molecule has 0 spiro atoms. The summed E-state index contributed by atoms with van der Waals surface area (Å²) in [6.45, 7) is 4.13. The van der Waals surface area contributed by atoms with Gasteiger partial charge in [0.05, 0.1) is 12.6 Å². The molecule has 2 saturated heterocycles. The van der Waals surface area contributed by atoms with Crippen LogP contribution in [0.1, 0.15) is 25.7 Å². The summed E-state index contributed by atoms with van der Waals surface area (Å²) in [5.74, 6) is -0.815. The summed E-state index contributed by atoms with van der Waals surface area (Å²) in [7, 11) is 0. The highest BCUT2D eigenvalue weighted by Gasteiger charge is 2.21. The van der Waals surface area contributed by atoms with Gasteiger partial charge in [-0.2, -0.15) is 0 Å². The van der Waals surface area contributed by atoms with Crippen LogP contribution in [0.2, 0.25) is 0 Å². The third-order valence-corrected chi connectivity index (χ3v) is 4.00. The van der Waals surface area contributed by atoms with Gasteiger partial charge in [-0.1, -0.05) is 0 Å². The molecule has 2 rings (SSSR count). The number of carboxylic acid groups (broad SMARTS) is 1. The second-order valence-corrected chi connectivity index (χ2v) is 5.67. The van der Waals surface area contributed by atoms with Crippen molar-refractivity contribution in [3.8, 4) is 0 Å². The maximum absolute atomic E-state index is 12.1. The van der Waals surface area contributed by atoms with Gasteiger partial charge in [0, 0.05) is 39.3 Å². The van der Waals surface area contributed by atoms with Crippen LogP contribution in [-0.2, 0) is 9.53 Å². The number of hydrogen-bond donors (Lipinski definition) is 2. The second-order valence-electron chi connectivity index (χ2n) is 5.67. The lowest BCUT2D eigenvalue weighted by Gasteiger charge is -2.22. The summed E-state index contributed by atoms with van der Waals surface area (Å²) in [5, 5.41) is 11.7. The Morgan fingerprint density at radius 3 is 2.76 bits per heavy atom. The Kier molecular flexibility index (Phi) is 6.25. The SMILES string of the molecule is O=C(O)CN1CCCN(C(=O)NCCC2CCCO2)CC1. The van der Waals surface area contributed by atoms with E-state index in [0.29, 0.717) is 32.3 Å². The fourth-order valence-corrected chi connectivity index (χ4v) is 2.85. The molecule has 0 aliphatic carbocycles. The maximum atomic E-state index is 12.1. The molecule has 2 aliphatic heterocycles. The quantitative estimate of drug-likeness (QED) is 0.766. The van der Waals surface area contributed by atoms with Crippen molar-refractivity contribution in [2.24, 2.45) is 0 Å². The third-order valence-electron chi connectivity index (χ3n) is 4.00. The Morgan fingerprint density at radius 1 is 1.19 bits per heavy atom. The van der Waals surface area contributed by atoms with E-state index in [2.05, 4.69) is 5.32 Å². The van der Waals surface area contributed by atoms with E-state index in [9.17, 15) is 9.59 Å². The number of rotatable bonds is 5. The molecule has 120 valence electrons. The molecule has 2 amide bonds. The van der Waals surface area contributed by atoms with Crippen molar-refractivity contribution in [2.75, 3.05) is 45.9 Å². The minimum atomic E-state index is -0.815. The van der Waals surface area contributed by atoms with E-state index in [4.69, 9.17) is 9.84 Å². The largest absolute Gasteiger partial charge is 0.480 e. The van der Waals surface area contributed by atoms with Gasteiger partial charge in [0.2, 0.25) is 0 Å². The molecule has 21 heavy (non-hydrogen) atoms. The van der Waals surface area contributed by atoms with Crippen LogP contribution in [-0.4, -0.2) is 78.9 Å². The van der Waals surface area contributed by atoms with Crippen molar-refractivity contribution in [1.29, 1.82) is 0 Å². The number of amides is 2. The number of urea groups is 1. The summed E-state index contributed by atoms with van der Waals surface area (Å²) in [5.41, 5.74) is 0. The first-order valence-corrected chi connectivity index (χ1v) is 7.73.